The summed E-state index contributed by atoms with van der Waals surface area (Å²) >= 11 is 22.9. The Morgan fingerprint density at radius 3 is 2.29 bits per heavy atom. The van der Waals surface area contributed by atoms with E-state index in [0.717, 1.165) is 0 Å². The number of rotatable bonds is 3. The molecule has 0 fully saturated rings. The highest BCUT2D eigenvalue weighted by Gasteiger charge is 2.14. The maximum atomic E-state index is 11.5. The van der Waals surface area contributed by atoms with Crippen molar-refractivity contribution in [3.8, 4) is 0 Å². The molecule has 1 aromatic carbocycles. The van der Waals surface area contributed by atoms with Gasteiger partial charge in [0, 0.05) is 14.1 Å². The quantitative estimate of drug-likeness (QED) is 0.379. The molecule has 114 valence electrons. The molecule has 0 aliphatic carbocycles. The second kappa shape index (κ2) is 7.70. The minimum Gasteiger partial charge on any atom is -0.343 e. The number of benzene rings is 1. The monoisotopic (exact) mass is 371 g/mol. The third kappa shape index (κ3) is 5.24. The lowest BCUT2D eigenvalue weighted by molar-refractivity contribution is -0.121. The summed E-state index contributed by atoms with van der Waals surface area (Å²) in [6, 6.07) is 2.69. The van der Waals surface area contributed by atoms with Crippen molar-refractivity contribution >= 4 is 69.3 Å². The molecular formula is C11H9Cl4N3O3. The molecule has 0 aromatic heterocycles. The van der Waals surface area contributed by atoms with Gasteiger partial charge in [-0.2, -0.15) is 0 Å². The Bertz CT molecular complexity index is 605. The number of anilines is 1. The molecule has 0 radical (unpaired) electrons. The molecule has 1 N–H and O–H groups in total. The smallest absolute Gasteiger partial charge is 0.343 e. The van der Waals surface area contributed by atoms with Crippen molar-refractivity contribution in [1.29, 1.82) is 0 Å². The van der Waals surface area contributed by atoms with Crippen LogP contribution in [0.1, 0.15) is 0 Å². The van der Waals surface area contributed by atoms with Crippen LogP contribution < -0.4 is 5.32 Å². The Morgan fingerprint density at radius 2 is 1.71 bits per heavy atom. The SMILES string of the molecule is CN(C)C(=O)C(Cl)=NOC(=O)Nc1cc(Cl)c(Cl)cc1Cl. The molecule has 0 saturated heterocycles. The van der Waals surface area contributed by atoms with Gasteiger partial charge < -0.3 is 4.90 Å². The van der Waals surface area contributed by atoms with Gasteiger partial charge in [-0.3, -0.25) is 14.9 Å². The summed E-state index contributed by atoms with van der Waals surface area (Å²) in [6.45, 7) is 0. The van der Waals surface area contributed by atoms with E-state index in [9.17, 15) is 9.59 Å². The van der Waals surface area contributed by atoms with Crippen LogP contribution in [0.5, 0.6) is 0 Å². The minimum absolute atomic E-state index is 0.154. The highest BCUT2D eigenvalue weighted by Crippen LogP contribution is 2.32. The third-order valence-corrected chi connectivity index (χ3v) is 3.30. The molecule has 0 saturated carbocycles. The molecule has 0 atom stereocenters. The van der Waals surface area contributed by atoms with Gasteiger partial charge in [0.05, 0.1) is 20.8 Å². The largest absolute Gasteiger partial charge is 0.437 e. The number of hydrogen-bond acceptors (Lipinski definition) is 4. The molecule has 21 heavy (non-hydrogen) atoms. The van der Waals surface area contributed by atoms with Crippen LogP contribution >= 0.6 is 46.4 Å². The summed E-state index contributed by atoms with van der Waals surface area (Å²) in [5.74, 6) is -0.614. The van der Waals surface area contributed by atoms with E-state index in [1.165, 1.54) is 31.1 Å². The van der Waals surface area contributed by atoms with E-state index in [1.54, 1.807) is 0 Å². The molecule has 0 unspecified atom stereocenters. The second-order valence-corrected chi connectivity index (χ2v) is 5.41. The minimum atomic E-state index is -1.00. The molecule has 1 aromatic rings. The van der Waals surface area contributed by atoms with E-state index < -0.39 is 17.2 Å². The zero-order valence-corrected chi connectivity index (χ0v) is 13.8. The number of nitrogens with zero attached hydrogens (tertiary/aromatic N) is 2. The molecule has 1 rings (SSSR count). The third-order valence-electron chi connectivity index (χ3n) is 2.04. The Labute approximate surface area is 140 Å². The molecule has 0 aliphatic rings. The Morgan fingerprint density at radius 1 is 1.14 bits per heavy atom. The molecule has 10 heteroatoms. The number of hydrogen-bond donors (Lipinski definition) is 1. The zero-order chi connectivity index (χ0) is 16.2. The van der Waals surface area contributed by atoms with Crippen LogP contribution in [0.15, 0.2) is 17.3 Å². The molecule has 0 aliphatic heterocycles. The normalized spacial score (nSPS) is 11.0. The molecule has 6 nitrogen and oxygen atoms in total. The van der Waals surface area contributed by atoms with Gasteiger partial charge in [-0.25, -0.2) is 4.79 Å². The maximum absolute atomic E-state index is 11.5. The van der Waals surface area contributed by atoms with Crippen LogP contribution in [0.25, 0.3) is 0 Å². The number of halogens is 4. The second-order valence-electron chi connectivity index (χ2n) is 3.83. The predicted octanol–water partition coefficient (Wildman–Crippen LogP) is 3.84. The van der Waals surface area contributed by atoms with Gasteiger partial charge in [-0.15, -0.1) is 0 Å². The lowest BCUT2D eigenvalue weighted by atomic mass is 10.3. The molecule has 0 bridgehead atoms. The highest BCUT2D eigenvalue weighted by atomic mass is 35.5. The van der Waals surface area contributed by atoms with Crippen LogP contribution in [-0.2, 0) is 9.63 Å². The molecule has 0 heterocycles. The van der Waals surface area contributed by atoms with E-state index in [0.29, 0.717) is 0 Å². The first-order valence-electron chi connectivity index (χ1n) is 5.30. The number of oxime groups is 1. The van der Waals surface area contributed by atoms with Crippen molar-refractivity contribution in [1.82, 2.24) is 4.90 Å². The Balaban J connectivity index is 2.73. The lowest BCUT2D eigenvalue weighted by Gasteiger charge is -2.08. The topological polar surface area (TPSA) is 71.0 Å². The van der Waals surface area contributed by atoms with Crippen molar-refractivity contribution in [2.24, 2.45) is 5.16 Å². The van der Waals surface area contributed by atoms with Gasteiger partial charge in [0.1, 0.15) is 0 Å². The first-order chi connectivity index (χ1) is 9.72. The van der Waals surface area contributed by atoms with E-state index >= 15 is 0 Å². The standard InChI is InChI=1S/C11H9Cl4N3O3/c1-18(2)10(19)9(15)17-21-11(20)16-8-4-6(13)5(12)3-7(8)14/h3-4H,1-2H3,(H,16,20). The van der Waals surface area contributed by atoms with Crippen molar-refractivity contribution in [3.05, 3.63) is 27.2 Å². The summed E-state index contributed by atoms with van der Waals surface area (Å²) in [6.07, 6.45) is -1.00. The number of carbonyl (C=O) groups is 2. The molecule has 2 amide bonds. The van der Waals surface area contributed by atoms with Crippen LogP contribution in [0.3, 0.4) is 0 Å². The zero-order valence-electron chi connectivity index (χ0n) is 10.8. The Hall–Kier alpha value is -1.21. The summed E-state index contributed by atoms with van der Waals surface area (Å²) in [5, 5.41) is 5.54. The first kappa shape index (κ1) is 17.8. The van der Waals surface area contributed by atoms with E-state index in [4.69, 9.17) is 46.4 Å². The summed E-state index contributed by atoms with van der Waals surface area (Å²) in [7, 11) is 2.94. The van der Waals surface area contributed by atoms with Gasteiger partial charge in [0.25, 0.3) is 5.91 Å². The van der Waals surface area contributed by atoms with Crippen LogP contribution in [0, 0.1) is 0 Å². The van der Waals surface area contributed by atoms with Crippen molar-refractivity contribution in [3.63, 3.8) is 0 Å². The van der Waals surface area contributed by atoms with Crippen molar-refractivity contribution < 1.29 is 14.4 Å². The van der Waals surface area contributed by atoms with Crippen LogP contribution in [-0.4, -0.2) is 36.2 Å². The number of carbonyl (C=O) groups excluding carboxylic acids is 2. The first-order valence-corrected chi connectivity index (χ1v) is 6.81. The highest BCUT2D eigenvalue weighted by molar-refractivity contribution is 6.82. The van der Waals surface area contributed by atoms with Crippen molar-refractivity contribution in [2.75, 3.05) is 19.4 Å². The van der Waals surface area contributed by atoms with Gasteiger partial charge in [0.2, 0.25) is 5.17 Å². The van der Waals surface area contributed by atoms with E-state index in [2.05, 4.69) is 15.3 Å². The van der Waals surface area contributed by atoms with E-state index in [-0.39, 0.29) is 20.8 Å². The summed E-state index contributed by atoms with van der Waals surface area (Å²) < 4.78 is 0. The van der Waals surface area contributed by atoms with Crippen molar-refractivity contribution in [2.45, 2.75) is 0 Å². The average Bonchev–Trinajstić information content (AvgIpc) is 2.41. The summed E-state index contributed by atoms with van der Waals surface area (Å²) in [4.78, 5) is 28.4. The lowest BCUT2D eigenvalue weighted by Crippen LogP contribution is -2.27. The number of amides is 2. The van der Waals surface area contributed by atoms with Gasteiger partial charge in [-0.05, 0) is 12.1 Å². The van der Waals surface area contributed by atoms with E-state index in [1.807, 2.05) is 0 Å². The van der Waals surface area contributed by atoms with Crippen LogP contribution in [0.2, 0.25) is 15.1 Å². The van der Waals surface area contributed by atoms with Gasteiger partial charge in [-0.1, -0.05) is 51.6 Å². The molecule has 0 spiro atoms. The predicted molar refractivity (Wildman–Crippen MR) is 83.6 cm³/mol. The Kier molecular flexibility index (Phi) is 6.54. The van der Waals surface area contributed by atoms with Gasteiger partial charge >= 0.3 is 6.09 Å². The average molecular weight is 373 g/mol. The summed E-state index contributed by atoms with van der Waals surface area (Å²) in [5.41, 5.74) is 0.168. The van der Waals surface area contributed by atoms with Gasteiger partial charge in [0.15, 0.2) is 0 Å². The number of nitrogens with one attached hydrogen (secondary N) is 1. The molecular weight excluding hydrogens is 364 g/mol. The fourth-order valence-corrected chi connectivity index (χ4v) is 1.85. The fraction of sp³-hybridized carbons (Fsp3) is 0.182. The van der Waals surface area contributed by atoms with Crippen LogP contribution in [0.4, 0.5) is 10.5 Å². The maximum Gasteiger partial charge on any atom is 0.437 e. The fourth-order valence-electron chi connectivity index (χ4n) is 1.06.